The van der Waals surface area contributed by atoms with E-state index < -0.39 is 17.8 Å². The number of thioether (sulfide) groups is 1. The molecule has 0 bridgehead atoms. The Bertz CT molecular complexity index is 1520. The van der Waals surface area contributed by atoms with E-state index in [2.05, 4.69) is 15.4 Å². The third-order valence-corrected chi connectivity index (χ3v) is 8.06. The Balaban J connectivity index is 1.40. The van der Waals surface area contributed by atoms with Crippen molar-refractivity contribution in [3.05, 3.63) is 35.1 Å². The van der Waals surface area contributed by atoms with E-state index in [1.807, 2.05) is 26.8 Å². The summed E-state index contributed by atoms with van der Waals surface area (Å²) in [5.74, 6) is 0.897. The summed E-state index contributed by atoms with van der Waals surface area (Å²) in [4.78, 5) is 43.0. The maximum absolute atomic E-state index is 13.0. The number of nitrogens with zero attached hydrogens (tertiary/aromatic N) is 4. The highest BCUT2D eigenvalue weighted by atomic mass is 35.5. The number of carbonyl (C=O) groups excluding carboxylic acids is 3. The van der Waals surface area contributed by atoms with Crippen LogP contribution in [0, 0.1) is 0 Å². The van der Waals surface area contributed by atoms with Crippen molar-refractivity contribution < 1.29 is 33.3 Å². The molecule has 2 aromatic heterocycles. The van der Waals surface area contributed by atoms with Gasteiger partial charge < -0.3 is 18.9 Å². The normalized spacial score (nSPS) is 16.6. The van der Waals surface area contributed by atoms with Gasteiger partial charge in [-0.25, -0.2) is 19.3 Å². The number of amides is 2. The number of nitrogens with one attached hydrogen (secondary N) is 1. The van der Waals surface area contributed by atoms with Gasteiger partial charge in [-0.1, -0.05) is 11.6 Å². The van der Waals surface area contributed by atoms with Gasteiger partial charge in [-0.2, -0.15) is 0 Å². The van der Waals surface area contributed by atoms with Gasteiger partial charge in [0.05, 0.1) is 30.3 Å². The van der Waals surface area contributed by atoms with Crippen LogP contribution in [0.1, 0.15) is 39.2 Å². The smallest absolute Gasteiger partial charge is 0.414 e. The van der Waals surface area contributed by atoms with Crippen LogP contribution in [-0.4, -0.2) is 76.4 Å². The van der Waals surface area contributed by atoms with Gasteiger partial charge in [0, 0.05) is 37.0 Å². The number of aryl methyl sites for hydroxylation is 1. The number of halogens is 1. The third-order valence-electron chi connectivity index (χ3n) is 6.62. The molecule has 4 heterocycles. The van der Waals surface area contributed by atoms with E-state index in [0.29, 0.717) is 53.4 Å². The Kier molecular flexibility index (Phi) is 8.69. The standard InChI is InChI=1S/C28H32ClN5O7S/c1-28(2,3)41-27(37)33-8-5-6-16-12-20(21(38-4)13-18(16)33)34-19-14-23(29)30-15-17(19)24(32-34)31-26(36)40-10-11-42-22-7-9-39-25(22)35/h12-15,22H,5-11H2,1-4H3,(H,31,32,36). The molecular weight excluding hydrogens is 586 g/mol. The molecule has 14 heteroatoms. The van der Waals surface area contributed by atoms with Crippen molar-refractivity contribution in [3.63, 3.8) is 0 Å². The Hall–Kier alpha value is -3.71. The number of aromatic nitrogens is 3. The van der Waals surface area contributed by atoms with E-state index in [4.69, 9.17) is 30.5 Å². The highest BCUT2D eigenvalue weighted by molar-refractivity contribution is 8.00. The average Bonchev–Trinajstić information content (AvgIpc) is 3.51. The molecule has 2 amide bonds. The molecule has 1 N–H and O–H groups in total. The van der Waals surface area contributed by atoms with E-state index >= 15 is 0 Å². The zero-order valence-corrected chi connectivity index (χ0v) is 25.3. The van der Waals surface area contributed by atoms with Crippen molar-refractivity contribution >= 4 is 63.9 Å². The number of esters is 1. The first-order valence-electron chi connectivity index (χ1n) is 13.5. The second-order valence-electron chi connectivity index (χ2n) is 10.7. The third kappa shape index (κ3) is 6.51. The van der Waals surface area contributed by atoms with Crippen molar-refractivity contribution in [2.24, 2.45) is 0 Å². The van der Waals surface area contributed by atoms with Crippen molar-refractivity contribution in [2.45, 2.75) is 50.9 Å². The fraction of sp³-hybridized carbons (Fsp3) is 0.464. The minimum atomic E-state index is -0.698. The van der Waals surface area contributed by atoms with Gasteiger partial charge in [0.25, 0.3) is 0 Å². The number of anilines is 2. The summed E-state index contributed by atoms with van der Waals surface area (Å²) in [6, 6.07) is 5.35. The lowest BCUT2D eigenvalue weighted by molar-refractivity contribution is -0.137. The highest BCUT2D eigenvalue weighted by Gasteiger charge is 2.30. The van der Waals surface area contributed by atoms with Crippen molar-refractivity contribution in [1.29, 1.82) is 0 Å². The van der Waals surface area contributed by atoms with Crippen LogP contribution in [0.2, 0.25) is 5.15 Å². The number of benzene rings is 1. The van der Waals surface area contributed by atoms with Gasteiger partial charge in [0.15, 0.2) is 5.82 Å². The summed E-state index contributed by atoms with van der Waals surface area (Å²) < 4.78 is 23.3. The number of cyclic esters (lactones) is 1. The second kappa shape index (κ2) is 12.3. The molecule has 3 aromatic rings. The summed E-state index contributed by atoms with van der Waals surface area (Å²) >= 11 is 7.64. The van der Waals surface area contributed by atoms with Crippen LogP contribution in [0.3, 0.4) is 0 Å². The average molecular weight is 618 g/mol. The Morgan fingerprint density at radius 2 is 2.05 bits per heavy atom. The first-order valence-corrected chi connectivity index (χ1v) is 14.9. The van der Waals surface area contributed by atoms with E-state index in [-0.39, 0.29) is 28.8 Å². The maximum Gasteiger partial charge on any atom is 0.414 e. The minimum Gasteiger partial charge on any atom is -0.494 e. The second-order valence-corrected chi connectivity index (χ2v) is 12.4. The van der Waals surface area contributed by atoms with Crippen LogP contribution in [0.5, 0.6) is 5.75 Å². The Morgan fingerprint density at radius 3 is 2.76 bits per heavy atom. The molecular formula is C28H32ClN5O7S. The number of hydrogen-bond acceptors (Lipinski definition) is 10. The number of methoxy groups -OCH3 is 1. The predicted molar refractivity (Wildman–Crippen MR) is 159 cm³/mol. The van der Waals surface area contributed by atoms with E-state index in [0.717, 1.165) is 18.4 Å². The van der Waals surface area contributed by atoms with Crippen molar-refractivity contribution in [1.82, 2.24) is 14.8 Å². The summed E-state index contributed by atoms with van der Waals surface area (Å²) in [5, 5.41) is 7.90. The van der Waals surface area contributed by atoms with Crippen LogP contribution >= 0.6 is 23.4 Å². The molecule has 1 atom stereocenters. The van der Waals surface area contributed by atoms with E-state index in [1.165, 1.54) is 25.1 Å². The maximum atomic E-state index is 13.0. The zero-order valence-electron chi connectivity index (χ0n) is 23.8. The number of pyridine rings is 1. The molecule has 0 saturated carbocycles. The molecule has 0 radical (unpaired) electrons. The zero-order chi connectivity index (χ0) is 30.0. The van der Waals surface area contributed by atoms with Crippen LogP contribution < -0.4 is 15.0 Å². The monoisotopic (exact) mass is 617 g/mol. The van der Waals surface area contributed by atoms with E-state index in [9.17, 15) is 14.4 Å². The number of carbonyl (C=O) groups is 3. The molecule has 12 nitrogen and oxygen atoms in total. The molecule has 1 aromatic carbocycles. The molecule has 2 aliphatic heterocycles. The van der Waals surface area contributed by atoms with E-state index in [1.54, 1.807) is 21.7 Å². The highest BCUT2D eigenvalue weighted by Crippen LogP contribution is 2.38. The first-order chi connectivity index (χ1) is 20.0. The number of fused-ring (bicyclic) bond motifs is 2. The molecule has 0 aliphatic carbocycles. The summed E-state index contributed by atoms with van der Waals surface area (Å²) in [6.07, 6.45) is 2.55. The quantitative estimate of drug-likeness (QED) is 0.160. The van der Waals surface area contributed by atoms with Gasteiger partial charge in [-0.15, -0.1) is 16.9 Å². The lowest BCUT2D eigenvalue weighted by Gasteiger charge is -2.32. The SMILES string of the molecule is COc1cc2c(cc1-n1nc(NC(=O)OCCSC3CCOC3=O)c3cnc(Cl)cc31)CCCN2C(=O)OC(C)(C)C. The van der Waals surface area contributed by atoms with Gasteiger partial charge >= 0.3 is 18.2 Å². The lowest BCUT2D eigenvalue weighted by atomic mass is 10.0. The topological polar surface area (TPSA) is 134 Å². The fourth-order valence-corrected chi connectivity index (χ4v) is 5.87. The van der Waals surface area contributed by atoms with Crippen LogP contribution in [0.25, 0.3) is 16.6 Å². The van der Waals surface area contributed by atoms with Gasteiger partial charge in [0.2, 0.25) is 0 Å². The fourth-order valence-electron chi connectivity index (χ4n) is 4.78. The molecule has 1 fully saturated rings. The summed E-state index contributed by atoms with van der Waals surface area (Å²) in [5.41, 5.74) is 2.17. The van der Waals surface area contributed by atoms with Gasteiger partial charge in [-0.3, -0.25) is 15.0 Å². The van der Waals surface area contributed by atoms with Gasteiger partial charge in [0.1, 0.15) is 34.0 Å². The van der Waals surface area contributed by atoms with Crippen LogP contribution in [0.4, 0.5) is 21.1 Å². The molecule has 224 valence electrons. The number of rotatable bonds is 7. The number of hydrogen-bond donors (Lipinski definition) is 1. The molecule has 42 heavy (non-hydrogen) atoms. The summed E-state index contributed by atoms with van der Waals surface area (Å²) in [6.45, 7) is 6.54. The largest absolute Gasteiger partial charge is 0.494 e. The van der Waals surface area contributed by atoms with Crippen LogP contribution in [0.15, 0.2) is 24.4 Å². The molecule has 5 rings (SSSR count). The van der Waals surface area contributed by atoms with Gasteiger partial charge in [-0.05, 0) is 45.2 Å². The Labute approximate surface area is 251 Å². The molecule has 0 spiro atoms. The molecule has 1 unspecified atom stereocenters. The first kappa shape index (κ1) is 29.8. The lowest BCUT2D eigenvalue weighted by Crippen LogP contribution is -2.39. The summed E-state index contributed by atoms with van der Waals surface area (Å²) in [7, 11) is 1.53. The number of ether oxygens (including phenoxy) is 4. The Morgan fingerprint density at radius 1 is 1.24 bits per heavy atom. The van der Waals surface area contributed by atoms with Crippen LogP contribution in [-0.2, 0) is 25.4 Å². The molecule has 1 saturated heterocycles. The van der Waals surface area contributed by atoms with Crippen molar-refractivity contribution in [3.8, 4) is 11.4 Å². The minimum absolute atomic E-state index is 0.107. The predicted octanol–water partition coefficient (Wildman–Crippen LogP) is 5.37. The molecule has 2 aliphatic rings. The van der Waals surface area contributed by atoms with Crippen molar-refractivity contribution in [2.75, 3.05) is 42.8 Å².